The predicted molar refractivity (Wildman–Crippen MR) is 115 cm³/mol. The minimum absolute atomic E-state index is 0.0974. The normalized spacial score (nSPS) is 26.0. The van der Waals surface area contributed by atoms with Crippen molar-refractivity contribution in [3.8, 4) is 0 Å². The summed E-state index contributed by atoms with van der Waals surface area (Å²) < 4.78 is 0. The molecule has 2 atom stereocenters. The summed E-state index contributed by atoms with van der Waals surface area (Å²) in [6.07, 6.45) is 12.3. The van der Waals surface area contributed by atoms with Gasteiger partial charge in [-0.3, -0.25) is 14.7 Å². The van der Waals surface area contributed by atoms with Gasteiger partial charge in [0.25, 0.3) is 5.91 Å². The van der Waals surface area contributed by atoms with Crippen LogP contribution in [0.1, 0.15) is 29.5 Å². The van der Waals surface area contributed by atoms with Gasteiger partial charge < -0.3 is 14.8 Å². The van der Waals surface area contributed by atoms with Crippen LogP contribution in [0.3, 0.4) is 0 Å². The largest absolute Gasteiger partial charge is 0.357 e. The molecule has 1 aliphatic carbocycles. The fourth-order valence-corrected chi connectivity index (χ4v) is 4.61. The number of fused-ring (bicyclic) bond motifs is 1. The Kier molecular flexibility index (Phi) is 6.13. The average Bonchev–Trinajstić information content (AvgIpc) is 3.16. The molecule has 1 N–H and O–H groups in total. The van der Waals surface area contributed by atoms with E-state index in [1.165, 1.54) is 5.84 Å². The lowest BCUT2D eigenvalue weighted by Gasteiger charge is -2.39. The summed E-state index contributed by atoms with van der Waals surface area (Å²) in [5, 5.41) is 0. The Bertz CT molecular complexity index is 802. The smallest absolute Gasteiger partial charge is 0.272 e. The number of aliphatic imine (C=N–C) groups is 1. The minimum Gasteiger partial charge on any atom is -0.357 e. The van der Waals surface area contributed by atoms with E-state index in [4.69, 9.17) is 0 Å². The van der Waals surface area contributed by atoms with Crippen LogP contribution in [0.5, 0.6) is 0 Å². The molecule has 0 saturated carbocycles. The van der Waals surface area contributed by atoms with E-state index < -0.39 is 0 Å². The molecule has 3 aliphatic rings. The van der Waals surface area contributed by atoms with Gasteiger partial charge in [0.15, 0.2) is 0 Å². The van der Waals surface area contributed by atoms with Gasteiger partial charge >= 0.3 is 0 Å². The number of allylic oxidation sites excluding steroid dienone is 3. The van der Waals surface area contributed by atoms with E-state index in [-0.39, 0.29) is 5.91 Å². The van der Waals surface area contributed by atoms with E-state index in [1.807, 2.05) is 11.9 Å². The second kappa shape index (κ2) is 8.95. The molecule has 3 heterocycles. The maximum Gasteiger partial charge on any atom is 0.272 e. The molecule has 1 fully saturated rings. The molecule has 7 nitrogen and oxygen atoms in total. The molecule has 1 amide bonds. The summed E-state index contributed by atoms with van der Waals surface area (Å²) in [5.41, 5.74) is 1.60. The summed E-state index contributed by atoms with van der Waals surface area (Å²) in [4.78, 5) is 31.6. The van der Waals surface area contributed by atoms with Gasteiger partial charge in [0, 0.05) is 58.8 Å². The van der Waals surface area contributed by atoms with Crippen molar-refractivity contribution in [1.82, 2.24) is 24.7 Å². The second-order valence-electron chi connectivity index (χ2n) is 8.19. The Morgan fingerprint density at radius 3 is 2.72 bits per heavy atom. The van der Waals surface area contributed by atoms with E-state index in [9.17, 15) is 4.79 Å². The molecule has 2 unspecified atom stereocenters. The first-order valence-electron chi connectivity index (χ1n) is 10.8. The van der Waals surface area contributed by atoms with Gasteiger partial charge in [-0.1, -0.05) is 31.2 Å². The molecule has 4 rings (SSSR count). The van der Waals surface area contributed by atoms with Gasteiger partial charge in [-0.25, -0.2) is 4.98 Å². The van der Waals surface area contributed by atoms with E-state index in [2.05, 4.69) is 56.0 Å². The lowest BCUT2D eigenvalue weighted by atomic mass is 9.88. The highest BCUT2D eigenvalue weighted by Gasteiger charge is 2.28. The molecule has 0 aromatic carbocycles. The second-order valence-corrected chi connectivity index (χ2v) is 8.19. The number of H-pyrrole nitrogens is 1. The van der Waals surface area contributed by atoms with E-state index in [1.54, 1.807) is 6.33 Å². The zero-order valence-corrected chi connectivity index (χ0v) is 17.5. The number of piperazine rings is 1. The standard InChI is InChI=1S/C22H32N6O/c1-17-6-3-4-7-18(17)21(23-2)27-13-10-26(11-14-27)12-15-28-9-5-8-19-20(22(28)29)25-16-24-19/h3-4,6-7,16-18H,5,8-15H2,1-2H3,(H,24,25)/b23-21+. The van der Waals surface area contributed by atoms with Crippen molar-refractivity contribution in [1.29, 1.82) is 0 Å². The topological polar surface area (TPSA) is 67.8 Å². The number of carbonyl (C=O) groups is 1. The Hall–Kier alpha value is -2.41. The molecule has 1 aromatic rings. The monoisotopic (exact) mass is 396 g/mol. The number of carbonyl (C=O) groups excluding carboxylic acids is 1. The van der Waals surface area contributed by atoms with E-state index in [0.717, 1.165) is 64.3 Å². The summed E-state index contributed by atoms with van der Waals surface area (Å²) in [7, 11) is 1.91. The van der Waals surface area contributed by atoms with Crippen molar-refractivity contribution < 1.29 is 4.79 Å². The molecule has 0 bridgehead atoms. The van der Waals surface area contributed by atoms with Crippen molar-refractivity contribution in [2.45, 2.75) is 19.8 Å². The summed E-state index contributed by atoms with van der Waals surface area (Å²) in [6.45, 7) is 8.78. The SMILES string of the molecule is C/N=C(\C1C=CC=CC1C)N1CCN(CCN2CCCc3nc[nH]c3C2=O)CC1. The van der Waals surface area contributed by atoms with Crippen molar-refractivity contribution >= 4 is 11.7 Å². The summed E-state index contributed by atoms with van der Waals surface area (Å²) in [5.74, 6) is 2.15. The zero-order chi connectivity index (χ0) is 20.2. The number of imidazole rings is 1. The van der Waals surface area contributed by atoms with Gasteiger partial charge in [0.1, 0.15) is 11.5 Å². The van der Waals surface area contributed by atoms with Crippen LogP contribution in [0.2, 0.25) is 0 Å². The molecule has 1 saturated heterocycles. The van der Waals surface area contributed by atoms with Gasteiger partial charge in [-0.15, -0.1) is 0 Å². The number of nitrogens with zero attached hydrogens (tertiary/aromatic N) is 5. The Labute approximate surface area is 173 Å². The van der Waals surface area contributed by atoms with Crippen molar-refractivity contribution in [2.75, 3.05) is 52.9 Å². The van der Waals surface area contributed by atoms with Crippen LogP contribution < -0.4 is 0 Å². The number of aryl methyl sites for hydroxylation is 1. The number of nitrogens with one attached hydrogen (secondary N) is 1. The lowest BCUT2D eigenvalue weighted by molar-refractivity contribution is 0.0722. The number of aromatic nitrogens is 2. The van der Waals surface area contributed by atoms with Crippen molar-refractivity contribution in [3.63, 3.8) is 0 Å². The third kappa shape index (κ3) is 4.29. The minimum atomic E-state index is 0.0974. The first kappa shape index (κ1) is 19.9. The zero-order valence-electron chi connectivity index (χ0n) is 17.5. The van der Waals surface area contributed by atoms with Gasteiger partial charge in [-0.05, 0) is 18.8 Å². The molecule has 29 heavy (non-hydrogen) atoms. The number of amides is 1. The van der Waals surface area contributed by atoms with Gasteiger partial charge in [-0.2, -0.15) is 0 Å². The van der Waals surface area contributed by atoms with Crippen LogP contribution in [0.15, 0.2) is 35.6 Å². The molecule has 7 heteroatoms. The van der Waals surface area contributed by atoms with Gasteiger partial charge in [0.2, 0.25) is 0 Å². The molecular formula is C22H32N6O. The lowest BCUT2D eigenvalue weighted by Crippen LogP contribution is -2.52. The van der Waals surface area contributed by atoms with Crippen LogP contribution in [0.4, 0.5) is 0 Å². The van der Waals surface area contributed by atoms with E-state index in [0.29, 0.717) is 17.5 Å². The van der Waals surface area contributed by atoms with Crippen LogP contribution >= 0.6 is 0 Å². The first-order valence-corrected chi connectivity index (χ1v) is 10.8. The highest BCUT2D eigenvalue weighted by atomic mass is 16.2. The number of aromatic amines is 1. The fourth-order valence-electron chi connectivity index (χ4n) is 4.61. The first-order chi connectivity index (χ1) is 14.2. The van der Waals surface area contributed by atoms with E-state index >= 15 is 0 Å². The number of hydrogen-bond donors (Lipinski definition) is 1. The van der Waals surface area contributed by atoms with Crippen molar-refractivity contribution in [3.05, 3.63) is 42.0 Å². The summed E-state index contributed by atoms with van der Waals surface area (Å²) in [6, 6.07) is 0. The number of hydrogen-bond acceptors (Lipinski definition) is 4. The Morgan fingerprint density at radius 2 is 1.97 bits per heavy atom. The van der Waals surface area contributed by atoms with Gasteiger partial charge in [0.05, 0.1) is 12.0 Å². The molecule has 156 valence electrons. The fraction of sp³-hybridized carbons (Fsp3) is 0.591. The van der Waals surface area contributed by atoms with Crippen LogP contribution in [-0.2, 0) is 6.42 Å². The highest BCUT2D eigenvalue weighted by molar-refractivity contribution is 5.93. The summed E-state index contributed by atoms with van der Waals surface area (Å²) >= 11 is 0. The van der Waals surface area contributed by atoms with Crippen molar-refractivity contribution in [2.24, 2.45) is 16.8 Å². The molecule has 0 spiro atoms. The molecule has 0 radical (unpaired) electrons. The quantitative estimate of drug-likeness (QED) is 0.623. The molecule has 1 aromatic heterocycles. The maximum absolute atomic E-state index is 12.8. The third-order valence-corrected chi connectivity index (χ3v) is 6.38. The Balaban J connectivity index is 1.28. The molecular weight excluding hydrogens is 364 g/mol. The molecule has 2 aliphatic heterocycles. The van der Waals surface area contributed by atoms with Crippen LogP contribution in [0.25, 0.3) is 0 Å². The Morgan fingerprint density at radius 1 is 1.17 bits per heavy atom. The average molecular weight is 397 g/mol. The highest BCUT2D eigenvalue weighted by Crippen LogP contribution is 2.23. The number of rotatable bonds is 4. The number of amidine groups is 1. The van der Waals surface area contributed by atoms with Crippen LogP contribution in [-0.4, -0.2) is 89.3 Å². The maximum atomic E-state index is 12.8. The van der Waals surface area contributed by atoms with Crippen LogP contribution in [0, 0.1) is 11.8 Å². The predicted octanol–water partition coefficient (Wildman–Crippen LogP) is 1.82. The third-order valence-electron chi connectivity index (χ3n) is 6.38.